The Labute approximate surface area is 236 Å². The maximum atomic E-state index is 2.49. The first-order valence-corrected chi connectivity index (χ1v) is 14.3. The van der Waals surface area contributed by atoms with Gasteiger partial charge in [0.2, 0.25) is 0 Å². The maximum absolute atomic E-state index is 2.49. The van der Waals surface area contributed by atoms with Crippen molar-refractivity contribution in [1.29, 1.82) is 0 Å². The molecule has 0 N–H and O–H groups in total. The van der Waals surface area contributed by atoms with Crippen LogP contribution in [-0.4, -0.2) is 0 Å². The van der Waals surface area contributed by atoms with Crippen molar-refractivity contribution in [1.82, 2.24) is 0 Å². The van der Waals surface area contributed by atoms with Crippen LogP contribution in [0.5, 0.6) is 0 Å². The summed E-state index contributed by atoms with van der Waals surface area (Å²) in [6.45, 7) is 0. The minimum Gasteiger partial charge on any atom is -0.313 e. The van der Waals surface area contributed by atoms with Crippen molar-refractivity contribution in [3.63, 3.8) is 0 Å². The predicted molar refractivity (Wildman–Crippen MR) is 172 cm³/mol. The summed E-state index contributed by atoms with van der Waals surface area (Å²) < 4.78 is 0. The monoisotopic (exact) mass is 516 g/mol. The van der Waals surface area contributed by atoms with E-state index in [1.165, 1.54) is 55.7 Å². The van der Waals surface area contributed by atoms with Gasteiger partial charge in [-0.25, -0.2) is 0 Å². The standard InChI is InChI=1S/C38H32N2/c1-5-17-29(18-6-1)39(30-19-7-2-8-20-30)37-33-25-13-15-27-35(33)38(36-28-16-14-26-34(36)37)40(31-21-9-3-10-22-31)32-23-11-4-12-24-32/h1-3,5-7,9-11,13-19,21-28H,4,8,12,20H2. The normalized spacial score (nSPS) is 14.7. The van der Waals surface area contributed by atoms with Crippen LogP contribution in [0, 0.1) is 0 Å². The van der Waals surface area contributed by atoms with Crippen molar-refractivity contribution in [2.45, 2.75) is 25.7 Å². The summed E-state index contributed by atoms with van der Waals surface area (Å²) in [6, 6.07) is 39.5. The summed E-state index contributed by atoms with van der Waals surface area (Å²) in [6.07, 6.45) is 17.9. The fourth-order valence-corrected chi connectivity index (χ4v) is 6.11. The zero-order chi connectivity index (χ0) is 26.7. The Morgan fingerprint density at radius 2 is 1.00 bits per heavy atom. The van der Waals surface area contributed by atoms with E-state index in [9.17, 15) is 0 Å². The van der Waals surface area contributed by atoms with Crippen LogP contribution in [0.1, 0.15) is 25.7 Å². The summed E-state index contributed by atoms with van der Waals surface area (Å²) in [5.41, 5.74) is 7.36. The number of para-hydroxylation sites is 2. The van der Waals surface area contributed by atoms with Gasteiger partial charge in [0.1, 0.15) is 0 Å². The molecule has 0 unspecified atom stereocenters. The lowest BCUT2D eigenvalue weighted by Gasteiger charge is -2.34. The zero-order valence-electron chi connectivity index (χ0n) is 22.6. The van der Waals surface area contributed by atoms with Crippen LogP contribution in [0.3, 0.4) is 0 Å². The summed E-state index contributed by atoms with van der Waals surface area (Å²) in [4.78, 5) is 4.95. The first kappa shape index (κ1) is 24.2. The summed E-state index contributed by atoms with van der Waals surface area (Å²) in [5.74, 6) is 0. The molecule has 5 aromatic rings. The third-order valence-corrected chi connectivity index (χ3v) is 7.86. The van der Waals surface area contributed by atoms with Gasteiger partial charge in [-0.2, -0.15) is 0 Å². The molecule has 0 bridgehead atoms. The van der Waals surface area contributed by atoms with Gasteiger partial charge in [0, 0.05) is 44.3 Å². The van der Waals surface area contributed by atoms with Crippen molar-refractivity contribution in [2.75, 3.05) is 9.80 Å². The van der Waals surface area contributed by atoms with Crippen molar-refractivity contribution >= 4 is 44.3 Å². The van der Waals surface area contributed by atoms with Gasteiger partial charge in [0.05, 0.1) is 11.4 Å². The topological polar surface area (TPSA) is 6.48 Å². The number of allylic oxidation sites excluding steroid dienone is 7. The molecular formula is C38H32N2. The minimum atomic E-state index is 1.00. The van der Waals surface area contributed by atoms with Crippen molar-refractivity contribution in [3.05, 3.63) is 157 Å². The molecule has 194 valence electrons. The molecule has 2 heteroatoms. The smallest absolute Gasteiger partial charge is 0.0619 e. The van der Waals surface area contributed by atoms with Gasteiger partial charge in [-0.3, -0.25) is 0 Å². The number of hydrogen-bond acceptors (Lipinski definition) is 2. The molecule has 2 aliphatic rings. The molecule has 0 spiro atoms. The Hall–Kier alpha value is -4.82. The lowest BCUT2D eigenvalue weighted by atomic mass is 9.94. The van der Waals surface area contributed by atoms with E-state index in [0.29, 0.717) is 0 Å². The molecule has 0 fully saturated rings. The van der Waals surface area contributed by atoms with Crippen molar-refractivity contribution < 1.29 is 0 Å². The van der Waals surface area contributed by atoms with Crippen LogP contribution in [0.15, 0.2) is 157 Å². The Morgan fingerprint density at radius 1 is 0.475 bits per heavy atom. The lowest BCUT2D eigenvalue weighted by Crippen LogP contribution is -2.20. The Balaban J connectivity index is 1.59. The van der Waals surface area contributed by atoms with E-state index in [1.54, 1.807) is 0 Å². The zero-order valence-corrected chi connectivity index (χ0v) is 22.6. The molecule has 0 saturated heterocycles. The number of nitrogens with zero attached hydrogens (tertiary/aromatic N) is 2. The number of rotatable bonds is 6. The van der Waals surface area contributed by atoms with Crippen LogP contribution in [0.4, 0.5) is 22.7 Å². The van der Waals surface area contributed by atoms with E-state index >= 15 is 0 Å². The molecule has 2 nitrogen and oxygen atoms in total. The molecule has 0 saturated carbocycles. The average molecular weight is 517 g/mol. The highest BCUT2D eigenvalue weighted by molar-refractivity contribution is 6.22. The third-order valence-electron chi connectivity index (χ3n) is 7.86. The lowest BCUT2D eigenvalue weighted by molar-refractivity contribution is 0.921. The number of benzene rings is 5. The van der Waals surface area contributed by atoms with Gasteiger partial charge in [0.15, 0.2) is 0 Å². The Bertz CT molecular complexity index is 1740. The van der Waals surface area contributed by atoms with E-state index in [-0.39, 0.29) is 0 Å². The number of fused-ring (bicyclic) bond motifs is 2. The van der Waals surface area contributed by atoms with Crippen LogP contribution in [-0.2, 0) is 0 Å². The fourth-order valence-electron chi connectivity index (χ4n) is 6.11. The second-order valence-corrected chi connectivity index (χ2v) is 10.4. The number of anilines is 4. The van der Waals surface area contributed by atoms with Gasteiger partial charge in [0.25, 0.3) is 0 Å². The van der Waals surface area contributed by atoms with E-state index in [1.807, 2.05) is 0 Å². The van der Waals surface area contributed by atoms with Crippen LogP contribution in [0.2, 0.25) is 0 Å². The highest BCUT2D eigenvalue weighted by Crippen LogP contribution is 2.49. The first-order valence-electron chi connectivity index (χ1n) is 14.3. The molecule has 5 aromatic carbocycles. The van der Waals surface area contributed by atoms with Gasteiger partial charge in [-0.05, 0) is 62.1 Å². The first-order chi connectivity index (χ1) is 19.9. The maximum Gasteiger partial charge on any atom is 0.0619 e. The SMILES string of the molecule is C1=CCCC(N(c2ccccc2)c2c3ccccc3c(N(C3=CCCC=C3)c3ccccc3)c3ccccc23)=C1. The van der Waals surface area contributed by atoms with Crippen molar-refractivity contribution in [2.24, 2.45) is 0 Å². The van der Waals surface area contributed by atoms with Crippen LogP contribution >= 0.6 is 0 Å². The molecule has 0 aromatic heterocycles. The van der Waals surface area contributed by atoms with Gasteiger partial charge >= 0.3 is 0 Å². The highest BCUT2D eigenvalue weighted by Gasteiger charge is 2.26. The third kappa shape index (κ3) is 4.32. The largest absolute Gasteiger partial charge is 0.313 e. The highest BCUT2D eigenvalue weighted by atomic mass is 15.2. The molecule has 0 atom stereocenters. The summed E-state index contributed by atoms with van der Waals surface area (Å²) in [7, 11) is 0. The Morgan fingerprint density at radius 3 is 1.50 bits per heavy atom. The second-order valence-electron chi connectivity index (χ2n) is 10.4. The number of hydrogen-bond donors (Lipinski definition) is 0. The fraction of sp³-hybridized carbons (Fsp3) is 0.105. The quantitative estimate of drug-likeness (QED) is 0.164. The molecule has 2 aliphatic carbocycles. The second kappa shape index (κ2) is 10.7. The Kier molecular flexibility index (Phi) is 6.51. The molecule has 7 rings (SSSR count). The summed E-state index contributed by atoms with van der Waals surface area (Å²) >= 11 is 0. The van der Waals surface area contributed by atoms with E-state index in [2.05, 4.69) is 155 Å². The molecular weight excluding hydrogens is 484 g/mol. The average Bonchev–Trinajstić information content (AvgIpc) is 3.04. The van der Waals surface area contributed by atoms with Crippen molar-refractivity contribution in [3.8, 4) is 0 Å². The molecule has 0 aliphatic heterocycles. The predicted octanol–water partition coefficient (Wildman–Crippen LogP) is 10.7. The van der Waals surface area contributed by atoms with Gasteiger partial charge in [-0.1, -0.05) is 109 Å². The van der Waals surface area contributed by atoms with E-state index < -0.39 is 0 Å². The van der Waals surface area contributed by atoms with Crippen LogP contribution in [0.25, 0.3) is 21.5 Å². The van der Waals surface area contributed by atoms with Gasteiger partial charge in [-0.15, -0.1) is 0 Å². The van der Waals surface area contributed by atoms with Crippen LogP contribution < -0.4 is 9.80 Å². The summed E-state index contributed by atoms with van der Waals surface area (Å²) in [5, 5.41) is 4.98. The van der Waals surface area contributed by atoms with E-state index in [0.717, 1.165) is 25.7 Å². The van der Waals surface area contributed by atoms with Gasteiger partial charge < -0.3 is 9.80 Å². The minimum absolute atomic E-state index is 1.00. The van der Waals surface area contributed by atoms with E-state index in [4.69, 9.17) is 0 Å². The molecule has 0 amide bonds. The molecule has 0 radical (unpaired) electrons. The molecule has 0 heterocycles. The molecule has 40 heavy (non-hydrogen) atoms.